The Morgan fingerprint density at radius 1 is 1.31 bits per heavy atom. The third kappa shape index (κ3) is 3.90. The first-order valence-corrected chi connectivity index (χ1v) is 10.2. The number of rotatable bonds is 5. The number of aryl methyl sites for hydroxylation is 1. The molecule has 0 saturated carbocycles. The fourth-order valence-corrected chi connectivity index (χ4v) is 4.55. The van der Waals surface area contributed by atoms with Gasteiger partial charge in [-0.05, 0) is 54.8 Å². The molecule has 0 radical (unpaired) electrons. The average molecular weight is 368 g/mol. The topological polar surface area (TPSA) is 48.1 Å². The van der Waals surface area contributed by atoms with Gasteiger partial charge in [0.15, 0.2) is 0 Å². The summed E-state index contributed by atoms with van der Waals surface area (Å²) in [6.07, 6.45) is 2.38. The van der Waals surface area contributed by atoms with Crippen LogP contribution in [0.25, 0.3) is 10.9 Å². The number of thiophene rings is 1. The summed E-state index contributed by atoms with van der Waals surface area (Å²) in [5, 5.41) is 6.85. The van der Waals surface area contributed by atoms with Gasteiger partial charge in [0, 0.05) is 36.1 Å². The quantitative estimate of drug-likeness (QED) is 0.724. The van der Waals surface area contributed by atoms with Crippen LogP contribution in [-0.4, -0.2) is 29.0 Å². The molecule has 4 rings (SSSR count). The molecule has 5 heteroatoms. The van der Waals surface area contributed by atoms with Crippen molar-refractivity contribution in [3.8, 4) is 0 Å². The van der Waals surface area contributed by atoms with E-state index in [0.29, 0.717) is 12.6 Å². The highest BCUT2D eigenvalue weighted by molar-refractivity contribution is 7.09. The molecule has 1 fully saturated rings. The van der Waals surface area contributed by atoms with Gasteiger partial charge < -0.3 is 10.3 Å². The molecule has 2 N–H and O–H groups in total. The second-order valence-electron chi connectivity index (χ2n) is 7.20. The number of likely N-dealkylation sites (tertiary alicyclic amines) is 1. The second-order valence-corrected chi connectivity index (χ2v) is 8.23. The van der Waals surface area contributed by atoms with Crippen molar-refractivity contribution >= 4 is 22.2 Å². The lowest BCUT2D eigenvalue weighted by Gasteiger charge is -2.33. The number of benzene rings is 1. The summed E-state index contributed by atoms with van der Waals surface area (Å²) in [7, 11) is 0. The number of fused-ring (bicyclic) bond motifs is 1. The molecule has 3 heterocycles. The third-order valence-electron chi connectivity index (χ3n) is 5.21. The minimum absolute atomic E-state index is 0.0190. The molecule has 0 amide bonds. The number of piperidine rings is 1. The van der Waals surface area contributed by atoms with E-state index in [0.717, 1.165) is 41.7 Å². The summed E-state index contributed by atoms with van der Waals surface area (Å²) in [6, 6.07) is 12.9. The van der Waals surface area contributed by atoms with Gasteiger partial charge in [-0.3, -0.25) is 9.69 Å². The molecule has 0 spiro atoms. The molecule has 26 heavy (non-hydrogen) atoms. The maximum absolute atomic E-state index is 12.4. The van der Waals surface area contributed by atoms with Crippen LogP contribution in [0.4, 0.5) is 0 Å². The van der Waals surface area contributed by atoms with Gasteiger partial charge in [-0.25, -0.2) is 0 Å². The standard InChI is InChI=1S/C21H25N3OS/c1-15-5-2-6-16-11-17(21(25)23-20(15)16)12-22-18-7-3-9-24(13-18)14-19-8-4-10-26-19/h2,4-6,8,10-11,18,22H,3,7,9,12-14H2,1H3,(H,23,25). The monoisotopic (exact) mass is 367 g/mol. The minimum Gasteiger partial charge on any atom is -0.321 e. The number of hydrogen-bond acceptors (Lipinski definition) is 4. The molecule has 0 aliphatic carbocycles. The van der Waals surface area contributed by atoms with Crippen molar-refractivity contribution in [3.63, 3.8) is 0 Å². The van der Waals surface area contributed by atoms with E-state index in [9.17, 15) is 4.79 Å². The minimum atomic E-state index is 0.0190. The Kier molecular flexibility index (Phi) is 5.20. The van der Waals surface area contributed by atoms with Gasteiger partial charge in [0.05, 0.1) is 5.52 Å². The Balaban J connectivity index is 1.41. The van der Waals surface area contributed by atoms with Crippen LogP contribution >= 0.6 is 11.3 Å². The van der Waals surface area contributed by atoms with Crippen LogP contribution in [0.2, 0.25) is 0 Å². The molecule has 2 aromatic heterocycles. The van der Waals surface area contributed by atoms with E-state index in [-0.39, 0.29) is 5.56 Å². The van der Waals surface area contributed by atoms with Crippen LogP contribution < -0.4 is 10.9 Å². The Bertz CT molecular complexity index is 932. The number of para-hydroxylation sites is 1. The van der Waals surface area contributed by atoms with E-state index in [1.807, 2.05) is 36.5 Å². The summed E-state index contributed by atoms with van der Waals surface area (Å²) >= 11 is 1.82. The smallest absolute Gasteiger partial charge is 0.252 e. The Morgan fingerprint density at radius 2 is 2.23 bits per heavy atom. The van der Waals surface area contributed by atoms with Crippen molar-refractivity contribution in [1.29, 1.82) is 0 Å². The summed E-state index contributed by atoms with van der Waals surface area (Å²) in [4.78, 5) is 19.4. The van der Waals surface area contributed by atoms with Crippen LogP contribution in [0.5, 0.6) is 0 Å². The maximum Gasteiger partial charge on any atom is 0.252 e. The summed E-state index contributed by atoms with van der Waals surface area (Å²) in [6.45, 7) is 5.89. The van der Waals surface area contributed by atoms with Crippen LogP contribution in [-0.2, 0) is 13.1 Å². The number of hydrogen-bond donors (Lipinski definition) is 2. The van der Waals surface area contributed by atoms with E-state index in [4.69, 9.17) is 0 Å². The van der Waals surface area contributed by atoms with Gasteiger partial charge in [0.1, 0.15) is 0 Å². The molecular formula is C21H25N3OS. The molecule has 1 aliphatic rings. The van der Waals surface area contributed by atoms with Gasteiger partial charge in [-0.1, -0.05) is 24.3 Å². The number of aromatic amines is 1. The molecule has 1 unspecified atom stereocenters. The highest BCUT2D eigenvalue weighted by Crippen LogP contribution is 2.18. The number of pyridine rings is 1. The number of H-pyrrole nitrogens is 1. The highest BCUT2D eigenvalue weighted by Gasteiger charge is 2.20. The van der Waals surface area contributed by atoms with Crippen LogP contribution in [0, 0.1) is 6.92 Å². The van der Waals surface area contributed by atoms with Crippen molar-refractivity contribution in [3.05, 3.63) is 68.1 Å². The first-order chi connectivity index (χ1) is 12.7. The van der Waals surface area contributed by atoms with Gasteiger partial charge >= 0.3 is 0 Å². The van der Waals surface area contributed by atoms with Gasteiger partial charge in [0.25, 0.3) is 5.56 Å². The van der Waals surface area contributed by atoms with Crippen LogP contribution in [0.1, 0.15) is 28.8 Å². The number of nitrogens with zero attached hydrogens (tertiary/aromatic N) is 1. The molecule has 136 valence electrons. The van der Waals surface area contributed by atoms with E-state index >= 15 is 0 Å². The fourth-order valence-electron chi connectivity index (χ4n) is 3.80. The SMILES string of the molecule is Cc1cccc2cc(CNC3CCCN(Cc4cccs4)C3)c(=O)[nH]c12. The molecule has 1 aliphatic heterocycles. The average Bonchev–Trinajstić information content (AvgIpc) is 3.14. The molecule has 1 saturated heterocycles. The van der Waals surface area contributed by atoms with E-state index in [1.165, 1.54) is 17.7 Å². The van der Waals surface area contributed by atoms with Crippen molar-refractivity contribution < 1.29 is 0 Å². The molecule has 3 aromatic rings. The first-order valence-electron chi connectivity index (χ1n) is 9.29. The Hall–Kier alpha value is -1.95. The number of nitrogens with one attached hydrogen (secondary N) is 2. The molecule has 1 atom stereocenters. The first kappa shape index (κ1) is 17.5. The van der Waals surface area contributed by atoms with Gasteiger partial charge in [0.2, 0.25) is 0 Å². The van der Waals surface area contributed by atoms with Crippen molar-refractivity contribution in [2.45, 2.75) is 38.9 Å². The number of aromatic nitrogens is 1. The lowest BCUT2D eigenvalue weighted by molar-refractivity contribution is 0.184. The lowest BCUT2D eigenvalue weighted by Crippen LogP contribution is -2.45. The predicted molar refractivity (Wildman–Crippen MR) is 109 cm³/mol. The van der Waals surface area contributed by atoms with Gasteiger partial charge in [-0.2, -0.15) is 0 Å². The molecule has 4 nitrogen and oxygen atoms in total. The summed E-state index contributed by atoms with van der Waals surface area (Å²) < 4.78 is 0. The van der Waals surface area contributed by atoms with Crippen molar-refractivity contribution in [2.24, 2.45) is 0 Å². The van der Waals surface area contributed by atoms with Crippen LogP contribution in [0.15, 0.2) is 46.6 Å². The summed E-state index contributed by atoms with van der Waals surface area (Å²) in [5.41, 5.74) is 2.89. The predicted octanol–water partition coefficient (Wildman–Crippen LogP) is 3.65. The molecular weight excluding hydrogens is 342 g/mol. The Morgan fingerprint density at radius 3 is 3.08 bits per heavy atom. The largest absolute Gasteiger partial charge is 0.321 e. The lowest BCUT2D eigenvalue weighted by atomic mass is 10.0. The summed E-state index contributed by atoms with van der Waals surface area (Å²) in [5.74, 6) is 0. The molecule has 0 bridgehead atoms. The zero-order valence-electron chi connectivity index (χ0n) is 15.1. The zero-order valence-corrected chi connectivity index (χ0v) is 15.9. The third-order valence-corrected chi connectivity index (χ3v) is 6.07. The maximum atomic E-state index is 12.4. The normalized spacial score (nSPS) is 18.4. The fraction of sp³-hybridized carbons (Fsp3) is 0.381. The van der Waals surface area contributed by atoms with Crippen molar-refractivity contribution in [2.75, 3.05) is 13.1 Å². The highest BCUT2D eigenvalue weighted by atomic mass is 32.1. The van der Waals surface area contributed by atoms with E-state index < -0.39 is 0 Å². The van der Waals surface area contributed by atoms with E-state index in [2.05, 4.69) is 38.8 Å². The van der Waals surface area contributed by atoms with Gasteiger partial charge in [-0.15, -0.1) is 11.3 Å². The van der Waals surface area contributed by atoms with E-state index in [1.54, 1.807) is 0 Å². The second kappa shape index (κ2) is 7.74. The molecule has 1 aromatic carbocycles. The van der Waals surface area contributed by atoms with Crippen molar-refractivity contribution in [1.82, 2.24) is 15.2 Å². The van der Waals surface area contributed by atoms with Crippen LogP contribution in [0.3, 0.4) is 0 Å². The zero-order chi connectivity index (χ0) is 17.9. The Labute approximate surface area is 157 Å².